The summed E-state index contributed by atoms with van der Waals surface area (Å²) in [7, 11) is 0. The Morgan fingerprint density at radius 3 is 2.83 bits per heavy atom. The molecule has 0 spiro atoms. The maximum absolute atomic E-state index is 13.5. The summed E-state index contributed by atoms with van der Waals surface area (Å²) in [6, 6.07) is 10.7. The Hall–Kier alpha value is -2.41. The number of amides is 1. The topological polar surface area (TPSA) is 63.5 Å². The largest absolute Gasteiger partial charge is 0.322 e. The van der Waals surface area contributed by atoms with E-state index in [0.717, 1.165) is 5.75 Å². The van der Waals surface area contributed by atoms with Gasteiger partial charge in [0.25, 0.3) is 11.6 Å². The second kappa shape index (κ2) is 6.60. The lowest BCUT2D eigenvalue weighted by atomic mass is 10.1. The molecule has 0 aliphatic carbocycles. The minimum atomic E-state index is -0.491. The van der Waals surface area contributed by atoms with E-state index in [1.54, 1.807) is 47.9 Å². The van der Waals surface area contributed by atoms with Gasteiger partial charge in [-0.05, 0) is 30.7 Å². The Morgan fingerprint density at radius 1 is 1.33 bits per heavy atom. The molecule has 1 aliphatic heterocycles. The summed E-state index contributed by atoms with van der Waals surface area (Å²) in [5.74, 6) is 0.108. The number of nitrogens with zero attached hydrogens (tertiary/aromatic N) is 2. The van der Waals surface area contributed by atoms with Gasteiger partial charge in [0.05, 0.1) is 4.92 Å². The van der Waals surface area contributed by atoms with Gasteiger partial charge in [0.2, 0.25) is 0 Å². The van der Waals surface area contributed by atoms with E-state index < -0.39 is 4.92 Å². The zero-order valence-electron chi connectivity index (χ0n) is 12.9. The molecule has 0 aromatic heterocycles. The first-order valence-corrected chi connectivity index (χ1v) is 8.45. The van der Waals surface area contributed by atoms with Crippen LogP contribution in [0, 0.1) is 22.9 Å². The lowest BCUT2D eigenvalue weighted by molar-refractivity contribution is -0.385. The number of nitro benzene ring substituents is 1. The molecule has 3 rings (SSSR count). The zero-order chi connectivity index (χ0) is 17.3. The van der Waals surface area contributed by atoms with Crippen molar-refractivity contribution in [1.82, 2.24) is 4.90 Å². The van der Waals surface area contributed by atoms with Crippen molar-refractivity contribution in [3.8, 4) is 0 Å². The van der Waals surface area contributed by atoms with Crippen LogP contribution in [-0.4, -0.2) is 28.0 Å². The van der Waals surface area contributed by atoms with Crippen LogP contribution >= 0.6 is 11.8 Å². The van der Waals surface area contributed by atoms with Crippen LogP contribution in [0.15, 0.2) is 42.5 Å². The molecule has 1 atom stereocenters. The maximum Gasteiger partial charge on any atom is 0.273 e. The molecular weight excluding hydrogens is 331 g/mol. The van der Waals surface area contributed by atoms with Gasteiger partial charge in [-0.2, -0.15) is 0 Å². The van der Waals surface area contributed by atoms with Crippen LogP contribution in [0.4, 0.5) is 10.1 Å². The number of thioether (sulfide) groups is 1. The van der Waals surface area contributed by atoms with Crippen molar-refractivity contribution in [3.05, 3.63) is 75.1 Å². The highest BCUT2D eigenvalue weighted by Crippen LogP contribution is 2.39. The summed E-state index contributed by atoms with van der Waals surface area (Å²) in [6.45, 7) is 2.15. The first-order valence-electron chi connectivity index (χ1n) is 7.40. The fourth-order valence-electron chi connectivity index (χ4n) is 2.72. The van der Waals surface area contributed by atoms with E-state index in [2.05, 4.69) is 0 Å². The minimum absolute atomic E-state index is 0.0741. The zero-order valence-corrected chi connectivity index (χ0v) is 13.8. The van der Waals surface area contributed by atoms with Gasteiger partial charge in [-0.25, -0.2) is 4.39 Å². The lowest BCUT2D eigenvalue weighted by Gasteiger charge is -2.24. The van der Waals surface area contributed by atoms with Crippen molar-refractivity contribution < 1.29 is 14.1 Å². The number of hydrogen-bond donors (Lipinski definition) is 0. The number of aryl methyl sites for hydroxylation is 1. The predicted molar refractivity (Wildman–Crippen MR) is 90.5 cm³/mol. The van der Waals surface area contributed by atoms with Crippen LogP contribution < -0.4 is 0 Å². The summed E-state index contributed by atoms with van der Waals surface area (Å²) in [4.78, 5) is 25.0. The molecule has 1 heterocycles. The Kier molecular flexibility index (Phi) is 4.53. The van der Waals surface area contributed by atoms with Crippen LogP contribution in [-0.2, 0) is 0 Å². The van der Waals surface area contributed by atoms with E-state index in [1.165, 1.54) is 18.2 Å². The van der Waals surface area contributed by atoms with E-state index in [-0.39, 0.29) is 28.3 Å². The van der Waals surface area contributed by atoms with Crippen molar-refractivity contribution in [1.29, 1.82) is 0 Å². The molecule has 0 N–H and O–H groups in total. The summed E-state index contributed by atoms with van der Waals surface area (Å²) in [5.41, 5.74) is 1.42. The van der Waals surface area contributed by atoms with Gasteiger partial charge < -0.3 is 4.90 Å². The van der Waals surface area contributed by atoms with Gasteiger partial charge in [-0.3, -0.25) is 14.9 Å². The third kappa shape index (κ3) is 3.12. The van der Waals surface area contributed by atoms with Crippen molar-refractivity contribution in [2.45, 2.75) is 12.3 Å². The van der Waals surface area contributed by atoms with Gasteiger partial charge in [-0.15, -0.1) is 11.8 Å². The van der Waals surface area contributed by atoms with Gasteiger partial charge in [-0.1, -0.05) is 18.2 Å². The third-order valence-electron chi connectivity index (χ3n) is 3.94. The molecule has 1 amide bonds. The summed E-state index contributed by atoms with van der Waals surface area (Å²) in [5, 5.41) is 10.8. The molecule has 0 unspecified atom stereocenters. The summed E-state index contributed by atoms with van der Waals surface area (Å²) in [6.07, 6.45) is 0. The van der Waals surface area contributed by atoms with E-state index in [9.17, 15) is 19.3 Å². The van der Waals surface area contributed by atoms with E-state index in [4.69, 9.17) is 0 Å². The van der Waals surface area contributed by atoms with Crippen LogP contribution in [0.1, 0.15) is 26.9 Å². The first-order chi connectivity index (χ1) is 11.5. The SMILES string of the molecule is Cc1ccc(C(=O)N2CCS[C@@H]2c2cccc(F)c2)cc1[N+](=O)[O-]. The van der Waals surface area contributed by atoms with Crippen molar-refractivity contribution >= 4 is 23.4 Å². The van der Waals surface area contributed by atoms with Crippen molar-refractivity contribution in [2.75, 3.05) is 12.3 Å². The van der Waals surface area contributed by atoms with Crippen LogP contribution in [0.5, 0.6) is 0 Å². The van der Waals surface area contributed by atoms with Crippen molar-refractivity contribution in [3.63, 3.8) is 0 Å². The molecular formula is C17H15FN2O3S. The number of carbonyl (C=O) groups excluding carboxylic acids is 1. The van der Waals surface area contributed by atoms with Gasteiger partial charge in [0, 0.05) is 29.5 Å². The first kappa shape index (κ1) is 16.4. The normalized spacial score (nSPS) is 17.1. The highest BCUT2D eigenvalue weighted by atomic mass is 32.2. The molecule has 124 valence electrons. The molecule has 1 saturated heterocycles. The molecule has 2 aromatic rings. The number of halogens is 1. The number of hydrogen-bond acceptors (Lipinski definition) is 4. The Labute approximate surface area is 142 Å². The average Bonchev–Trinajstić information content (AvgIpc) is 3.04. The molecule has 7 heteroatoms. The number of rotatable bonds is 3. The molecule has 1 aliphatic rings. The molecule has 0 radical (unpaired) electrons. The number of nitro groups is 1. The predicted octanol–water partition coefficient (Wildman–Crippen LogP) is 3.93. The smallest absolute Gasteiger partial charge is 0.273 e. The second-order valence-corrected chi connectivity index (χ2v) is 6.72. The highest BCUT2D eigenvalue weighted by Gasteiger charge is 2.32. The average molecular weight is 346 g/mol. The van der Waals surface area contributed by atoms with Crippen LogP contribution in [0.3, 0.4) is 0 Å². The van der Waals surface area contributed by atoms with E-state index >= 15 is 0 Å². The molecule has 0 bridgehead atoms. The molecule has 5 nitrogen and oxygen atoms in total. The van der Waals surface area contributed by atoms with E-state index in [1.807, 2.05) is 0 Å². The molecule has 2 aromatic carbocycles. The number of benzene rings is 2. The fourth-order valence-corrected chi connectivity index (χ4v) is 3.96. The van der Waals surface area contributed by atoms with Crippen LogP contribution in [0.2, 0.25) is 0 Å². The van der Waals surface area contributed by atoms with Gasteiger partial charge in [0.1, 0.15) is 11.2 Å². The molecule has 0 saturated carbocycles. The van der Waals surface area contributed by atoms with Gasteiger partial charge in [0.15, 0.2) is 0 Å². The lowest BCUT2D eigenvalue weighted by Crippen LogP contribution is -2.30. The van der Waals surface area contributed by atoms with Crippen LogP contribution in [0.25, 0.3) is 0 Å². The fraction of sp³-hybridized carbons (Fsp3) is 0.235. The summed E-state index contributed by atoms with van der Waals surface area (Å²) >= 11 is 1.55. The Balaban J connectivity index is 1.91. The standard InChI is InChI=1S/C17H15FN2O3S/c1-11-5-6-12(10-15(11)20(22)23)16(21)19-7-8-24-17(19)13-3-2-4-14(18)9-13/h2-6,9-10,17H,7-8H2,1H3/t17-/m1/s1. The summed E-state index contributed by atoms with van der Waals surface area (Å²) < 4.78 is 13.5. The third-order valence-corrected chi connectivity index (χ3v) is 5.20. The Bertz CT molecular complexity index is 812. The monoisotopic (exact) mass is 346 g/mol. The highest BCUT2D eigenvalue weighted by molar-refractivity contribution is 7.99. The minimum Gasteiger partial charge on any atom is -0.322 e. The van der Waals surface area contributed by atoms with Gasteiger partial charge >= 0.3 is 0 Å². The quantitative estimate of drug-likeness (QED) is 0.624. The van der Waals surface area contributed by atoms with E-state index in [0.29, 0.717) is 17.7 Å². The maximum atomic E-state index is 13.5. The van der Waals surface area contributed by atoms with Crippen molar-refractivity contribution in [2.24, 2.45) is 0 Å². The Morgan fingerprint density at radius 2 is 2.12 bits per heavy atom. The number of carbonyl (C=O) groups is 1. The second-order valence-electron chi connectivity index (χ2n) is 5.54. The molecule has 1 fully saturated rings. The molecule has 24 heavy (non-hydrogen) atoms.